The smallest absolute Gasteiger partial charge is 0.239 e. The van der Waals surface area contributed by atoms with Crippen LogP contribution >= 0.6 is 0 Å². The molecule has 1 amide bonds. The minimum atomic E-state index is 0.0480. The molecule has 2 unspecified atom stereocenters. The van der Waals surface area contributed by atoms with Crippen LogP contribution < -0.4 is 10.6 Å². The Morgan fingerprint density at radius 2 is 1.96 bits per heavy atom. The summed E-state index contributed by atoms with van der Waals surface area (Å²) in [5.74, 6) is 0.0480. The van der Waals surface area contributed by atoms with Gasteiger partial charge in [0.15, 0.2) is 0 Å². The Morgan fingerprint density at radius 3 is 2.67 bits per heavy atom. The van der Waals surface area contributed by atoms with Crippen LogP contribution in [0, 0.1) is 0 Å². The molecule has 0 aromatic heterocycles. The number of para-hydroxylation sites is 1. The molecule has 0 radical (unpaired) electrons. The molecule has 5 heteroatoms. The van der Waals surface area contributed by atoms with E-state index < -0.39 is 0 Å². The predicted molar refractivity (Wildman–Crippen MR) is 98.1 cm³/mol. The maximum Gasteiger partial charge on any atom is 0.239 e. The minimum absolute atomic E-state index is 0.0480. The first-order valence-corrected chi connectivity index (χ1v) is 9.04. The first kappa shape index (κ1) is 18.7. The number of nitrogens with one attached hydrogen (secondary N) is 2. The van der Waals surface area contributed by atoms with Gasteiger partial charge in [0.05, 0.1) is 18.8 Å². The predicted octanol–water partition coefficient (Wildman–Crippen LogP) is 2.62. The molecule has 0 aliphatic carbocycles. The Balaban J connectivity index is 1.89. The van der Waals surface area contributed by atoms with Crippen LogP contribution in [0.5, 0.6) is 0 Å². The van der Waals surface area contributed by atoms with Crippen molar-refractivity contribution in [2.75, 3.05) is 31.5 Å². The van der Waals surface area contributed by atoms with E-state index in [2.05, 4.69) is 48.4 Å². The molecular formula is C19H31N3O2. The second kappa shape index (κ2) is 9.64. The summed E-state index contributed by atoms with van der Waals surface area (Å²) in [5, 5.41) is 6.22. The third kappa shape index (κ3) is 6.13. The van der Waals surface area contributed by atoms with Crippen LogP contribution in [0.2, 0.25) is 0 Å². The molecule has 24 heavy (non-hydrogen) atoms. The van der Waals surface area contributed by atoms with Gasteiger partial charge in [-0.25, -0.2) is 0 Å². The quantitative estimate of drug-likeness (QED) is 0.718. The van der Waals surface area contributed by atoms with Gasteiger partial charge in [-0.1, -0.05) is 31.5 Å². The SMILES string of the molecule is CCCCNC(=O)CNc1ccccc1CN1CC(C)OC(C)C1. The van der Waals surface area contributed by atoms with E-state index in [-0.39, 0.29) is 18.1 Å². The van der Waals surface area contributed by atoms with E-state index in [1.807, 2.05) is 12.1 Å². The fourth-order valence-electron chi connectivity index (χ4n) is 3.13. The van der Waals surface area contributed by atoms with E-state index in [1.165, 1.54) is 5.56 Å². The molecule has 134 valence electrons. The van der Waals surface area contributed by atoms with E-state index in [1.54, 1.807) is 0 Å². The van der Waals surface area contributed by atoms with Crippen molar-refractivity contribution < 1.29 is 9.53 Å². The van der Waals surface area contributed by atoms with Crippen LogP contribution in [0.3, 0.4) is 0 Å². The summed E-state index contributed by atoms with van der Waals surface area (Å²) < 4.78 is 5.80. The molecular weight excluding hydrogens is 302 g/mol. The van der Waals surface area contributed by atoms with Crippen molar-refractivity contribution in [1.29, 1.82) is 0 Å². The highest BCUT2D eigenvalue weighted by molar-refractivity contribution is 5.80. The molecule has 0 bridgehead atoms. The van der Waals surface area contributed by atoms with Crippen molar-refractivity contribution in [3.05, 3.63) is 29.8 Å². The molecule has 2 atom stereocenters. The zero-order valence-electron chi connectivity index (χ0n) is 15.2. The Bertz CT molecular complexity index is 511. The molecule has 1 saturated heterocycles. The molecule has 5 nitrogen and oxygen atoms in total. The van der Waals surface area contributed by atoms with Gasteiger partial charge >= 0.3 is 0 Å². The largest absolute Gasteiger partial charge is 0.376 e. The van der Waals surface area contributed by atoms with Gasteiger partial charge in [-0.15, -0.1) is 0 Å². The number of amides is 1. The Kier molecular flexibility index (Phi) is 7.53. The highest BCUT2D eigenvalue weighted by Gasteiger charge is 2.22. The fourth-order valence-corrected chi connectivity index (χ4v) is 3.13. The molecule has 1 aromatic rings. The van der Waals surface area contributed by atoms with E-state index in [0.29, 0.717) is 6.54 Å². The number of ether oxygens (including phenoxy) is 1. The van der Waals surface area contributed by atoms with Crippen LogP contribution in [0.4, 0.5) is 5.69 Å². The topological polar surface area (TPSA) is 53.6 Å². The molecule has 1 heterocycles. The number of carbonyl (C=O) groups is 1. The number of hydrogen-bond donors (Lipinski definition) is 2. The molecule has 0 spiro atoms. The van der Waals surface area contributed by atoms with E-state index in [9.17, 15) is 4.79 Å². The number of benzene rings is 1. The van der Waals surface area contributed by atoms with Crippen molar-refractivity contribution in [2.24, 2.45) is 0 Å². The van der Waals surface area contributed by atoms with Gasteiger partial charge in [0.1, 0.15) is 0 Å². The lowest BCUT2D eigenvalue weighted by Crippen LogP contribution is -2.44. The third-order valence-corrected chi connectivity index (χ3v) is 4.20. The summed E-state index contributed by atoms with van der Waals surface area (Å²) in [5.41, 5.74) is 2.26. The van der Waals surface area contributed by atoms with Crippen LogP contribution in [0.15, 0.2) is 24.3 Å². The lowest BCUT2D eigenvalue weighted by atomic mass is 10.1. The van der Waals surface area contributed by atoms with Gasteiger partial charge in [0, 0.05) is 31.9 Å². The minimum Gasteiger partial charge on any atom is -0.376 e. The average Bonchev–Trinajstić information content (AvgIpc) is 2.53. The summed E-state index contributed by atoms with van der Waals surface area (Å²) >= 11 is 0. The number of hydrogen-bond acceptors (Lipinski definition) is 4. The Hall–Kier alpha value is -1.59. The van der Waals surface area contributed by atoms with Crippen LogP contribution in [-0.4, -0.2) is 49.2 Å². The zero-order chi connectivity index (χ0) is 17.4. The lowest BCUT2D eigenvalue weighted by Gasteiger charge is -2.35. The maximum absolute atomic E-state index is 11.9. The summed E-state index contributed by atoms with van der Waals surface area (Å²) in [7, 11) is 0. The number of rotatable bonds is 8. The number of nitrogens with zero attached hydrogens (tertiary/aromatic N) is 1. The highest BCUT2D eigenvalue weighted by Crippen LogP contribution is 2.20. The molecule has 1 aliphatic heterocycles. The summed E-state index contributed by atoms with van der Waals surface area (Å²) in [6.45, 7) is 10.2. The number of unbranched alkanes of at least 4 members (excludes halogenated alkanes) is 1. The molecule has 2 N–H and O–H groups in total. The lowest BCUT2D eigenvalue weighted by molar-refractivity contribution is -0.119. The first-order chi connectivity index (χ1) is 11.6. The number of anilines is 1. The van der Waals surface area contributed by atoms with Gasteiger partial charge in [-0.3, -0.25) is 9.69 Å². The third-order valence-electron chi connectivity index (χ3n) is 4.20. The molecule has 2 rings (SSSR count). The first-order valence-electron chi connectivity index (χ1n) is 9.04. The fraction of sp³-hybridized carbons (Fsp3) is 0.632. The molecule has 1 fully saturated rings. The highest BCUT2D eigenvalue weighted by atomic mass is 16.5. The van der Waals surface area contributed by atoms with Gasteiger partial charge in [-0.2, -0.15) is 0 Å². The monoisotopic (exact) mass is 333 g/mol. The van der Waals surface area contributed by atoms with Gasteiger partial charge in [0.25, 0.3) is 0 Å². The Labute approximate surface area is 145 Å². The molecule has 0 saturated carbocycles. The molecule has 1 aliphatic rings. The molecule has 1 aromatic carbocycles. The summed E-state index contributed by atoms with van der Waals surface area (Å²) in [6.07, 6.45) is 2.64. The van der Waals surface area contributed by atoms with Gasteiger partial charge < -0.3 is 15.4 Å². The second-order valence-electron chi connectivity index (χ2n) is 6.67. The maximum atomic E-state index is 11.9. The van der Waals surface area contributed by atoms with E-state index in [0.717, 1.165) is 44.7 Å². The van der Waals surface area contributed by atoms with Gasteiger partial charge in [0.2, 0.25) is 5.91 Å². The van der Waals surface area contributed by atoms with Crippen LogP contribution in [0.1, 0.15) is 39.2 Å². The summed E-state index contributed by atoms with van der Waals surface area (Å²) in [4.78, 5) is 14.3. The van der Waals surface area contributed by atoms with Crippen molar-refractivity contribution >= 4 is 11.6 Å². The van der Waals surface area contributed by atoms with Crippen molar-refractivity contribution in [2.45, 2.75) is 52.4 Å². The second-order valence-corrected chi connectivity index (χ2v) is 6.67. The summed E-state index contributed by atoms with van der Waals surface area (Å²) in [6, 6.07) is 8.23. The Morgan fingerprint density at radius 1 is 1.25 bits per heavy atom. The van der Waals surface area contributed by atoms with E-state index >= 15 is 0 Å². The number of carbonyl (C=O) groups excluding carboxylic acids is 1. The van der Waals surface area contributed by atoms with Gasteiger partial charge in [-0.05, 0) is 31.9 Å². The standard InChI is InChI=1S/C19H31N3O2/c1-4-5-10-20-19(23)11-21-18-9-7-6-8-17(18)14-22-12-15(2)24-16(3)13-22/h6-9,15-16,21H,4-5,10-14H2,1-3H3,(H,20,23). The average molecular weight is 333 g/mol. The normalized spacial score (nSPS) is 21.5. The number of morpholine rings is 1. The zero-order valence-corrected chi connectivity index (χ0v) is 15.2. The van der Waals surface area contributed by atoms with E-state index in [4.69, 9.17) is 4.74 Å². The van der Waals surface area contributed by atoms with Crippen molar-refractivity contribution in [1.82, 2.24) is 10.2 Å². The van der Waals surface area contributed by atoms with Crippen LogP contribution in [-0.2, 0) is 16.1 Å². The van der Waals surface area contributed by atoms with Crippen molar-refractivity contribution in [3.8, 4) is 0 Å². The van der Waals surface area contributed by atoms with Crippen LogP contribution in [0.25, 0.3) is 0 Å². The van der Waals surface area contributed by atoms with Crippen molar-refractivity contribution in [3.63, 3.8) is 0 Å².